The first kappa shape index (κ1) is 14.3. The molecule has 112 valence electrons. The molecule has 2 aromatic heterocycles. The van der Waals surface area contributed by atoms with Crippen molar-refractivity contribution in [1.82, 2.24) is 25.2 Å². The number of hydrogen-bond donors (Lipinski definition) is 0. The molecule has 0 unspecified atom stereocenters. The lowest BCUT2D eigenvalue weighted by molar-refractivity contribution is 0.577. The Kier molecular flexibility index (Phi) is 3.68. The van der Waals surface area contributed by atoms with Crippen LogP contribution < -0.4 is 0 Å². The van der Waals surface area contributed by atoms with Crippen molar-refractivity contribution >= 4 is 9.84 Å². The van der Waals surface area contributed by atoms with E-state index in [-0.39, 0.29) is 10.9 Å². The molecule has 1 atom stereocenters. The Morgan fingerprint density at radius 2 is 1.77 bits per heavy atom. The fraction of sp³-hybridized carbons (Fsp3) is 0.143. The van der Waals surface area contributed by atoms with Crippen LogP contribution in [0.1, 0.15) is 18.0 Å². The third-order valence-corrected chi connectivity index (χ3v) is 5.22. The van der Waals surface area contributed by atoms with Crippen molar-refractivity contribution in [1.29, 1.82) is 0 Å². The second-order valence-corrected chi connectivity index (χ2v) is 6.86. The zero-order valence-corrected chi connectivity index (χ0v) is 12.6. The Morgan fingerprint density at radius 1 is 1.05 bits per heavy atom. The molecule has 8 heteroatoms. The molecule has 2 heterocycles. The number of benzene rings is 1. The first-order valence-electron chi connectivity index (χ1n) is 6.59. The average Bonchev–Trinajstić information content (AvgIpc) is 3.05. The molecule has 0 fully saturated rings. The molecule has 7 nitrogen and oxygen atoms in total. The minimum absolute atomic E-state index is 0.00473. The van der Waals surface area contributed by atoms with Gasteiger partial charge in [0.25, 0.3) is 0 Å². The Labute approximate surface area is 127 Å². The van der Waals surface area contributed by atoms with Gasteiger partial charge >= 0.3 is 0 Å². The first-order valence-corrected chi connectivity index (χ1v) is 8.14. The topological polar surface area (TPSA) is 90.6 Å². The lowest BCUT2D eigenvalue weighted by Gasteiger charge is -2.12. The number of pyridine rings is 1. The van der Waals surface area contributed by atoms with Crippen molar-refractivity contribution in [2.24, 2.45) is 0 Å². The van der Waals surface area contributed by atoms with Gasteiger partial charge < -0.3 is 0 Å². The van der Waals surface area contributed by atoms with E-state index in [9.17, 15) is 8.42 Å². The van der Waals surface area contributed by atoms with Gasteiger partial charge in [-0.3, -0.25) is 0 Å². The number of para-hydroxylation sites is 1. The summed E-state index contributed by atoms with van der Waals surface area (Å²) in [6.45, 7) is 1.55. The van der Waals surface area contributed by atoms with E-state index in [1.807, 2.05) is 18.2 Å². The highest BCUT2D eigenvalue weighted by molar-refractivity contribution is 7.91. The Bertz CT molecular complexity index is 863. The summed E-state index contributed by atoms with van der Waals surface area (Å²) in [5, 5.41) is 10.5. The number of tetrazole rings is 1. The molecule has 22 heavy (non-hydrogen) atoms. The lowest BCUT2D eigenvalue weighted by Crippen LogP contribution is -2.17. The van der Waals surface area contributed by atoms with Crippen LogP contribution in [-0.2, 0) is 9.84 Å². The summed E-state index contributed by atoms with van der Waals surface area (Å²) in [5.41, 5.74) is 0.700. The van der Waals surface area contributed by atoms with Gasteiger partial charge in [0.05, 0.1) is 5.69 Å². The maximum atomic E-state index is 12.6. The summed E-state index contributed by atoms with van der Waals surface area (Å²) < 4.78 is 26.7. The molecule has 0 saturated carbocycles. The van der Waals surface area contributed by atoms with Crippen LogP contribution in [0.5, 0.6) is 0 Å². The van der Waals surface area contributed by atoms with Crippen LogP contribution in [0.15, 0.2) is 59.8 Å². The van der Waals surface area contributed by atoms with E-state index in [1.54, 1.807) is 31.2 Å². The monoisotopic (exact) mass is 315 g/mol. The maximum Gasteiger partial charge on any atom is 0.205 e. The van der Waals surface area contributed by atoms with E-state index in [0.717, 1.165) is 0 Å². The smallest absolute Gasteiger partial charge is 0.205 e. The van der Waals surface area contributed by atoms with Crippen LogP contribution >= 0.6 is 0 Å². The fourth-order valence-electron chi connectivity index (χ4n) is 2.04. The standard InChI is InChI=1S/C14H13N5O2S/c1-11(22(20,21)13-9-5-6-10-15-13)14-16-17-18-19(14)12-7-3-2-4-8-12/h2-11H,1H3/t11-/m1/s1. The Morgan fingerprint density at radius 3 is 2.45 bits per heavy atom. The molecular weight excluding hydrogens is 302 g/mol. The molecule has 0 bridgehead atoms. The summed E-state index contributed by atoms with van der Waals surface area (Å²) in [5.74, 6) is 0.247. The van der Waals surface area contributed by atoms with Gasteiger partial charge in [0.1, 0.15) is 5.25 Å². The Balaban J connectivity index is 2.04. The zero-order chi connectivity index (χ0) is 15.6. The van der Waals surface area contributed by atoms with E-state index in [0.29, 0.717) is 5.69 Å². The lowest BCUT2D eigenvalue weighted by atomic mass is 10.3. The minimum atomic E-state index is -3.67. The molecule has 3 aromatic rings. The summed E-state index contributed by atoms with van der Waals surface area (Å²) in [4.78, 5) is 3.92. The van der Waals surface area contributed by atoms with Crippen LogP contribution in [0, 0.1) is 0 Å². The van der Waals surface area contributed by atoms with Crippen LogP contribution in [0.3, 0.4) is 0 Å². The molecule has 0 saturated heterocycles. The van der Waals surface area contributed by atoms with E-state index in [2.05, 4.69) is 20.5 Å². The highest BCUT2D eigenvalue weighted by atomic mass is 32.2. The van der Waals surface area contributed by atoms with Crippen molar-refractivity contribution < 1.29 is 8.42 Å². The second kappa shape index (κ2) is 5.64. The number of hydrogen-bond acceptors (Lipinski definition) is 6. The minimum Gasteiger partial charge on any atom is -0.245 e. The molecular formula is C14H13N5O2S. The van der Waals surface area contributed by atoms with Gasteiger partial charge in [-0.15, -0.1) is 5.10 Å². The molecule has 0 aliphatic heterocycles. The highest BCUT2D eigenvalue weighted by Crippen LogP contribution is 2.26. The van der Waals surface area contributed by atoms with Gasteiger partial charge in [-0.1, -0.05) is 24.3 Å². The number of rotatable bonds is 4. The Hall–Kier alpha value is -2.61. The molecule has 0 N–H and O–H groups in total. The van der Waals surface area contributed by atoms with Crippen LogP contribution in [0.2, 0.25) is 0 Å². The van der Waals surface area contributed by atoms with Gasteiger partial charge in [0, 0.05) is 6.20 Å². The molecule has 0 aliphatic carbocycles. The molecule has 0 aliphatic rings. The summed E-state index contributed by atoms with van der Waals surface area (Å²) in [6.07, 6.45) is 1.44. The average molecular weight is 315 g/mol. The molecule has 3 rings (SSSR count). The summed E-state index contributed by atoms with van der Waals surface area (Å²) in [7, 11) is -3.67. The van der Waals surface area contributed by atoms with Crippen molar-refractivity contribution in [3.63, 3.8) is 0 Å². The quantitative estimate of drug-likeness (QED) is 0.726. The van der Waals surface area contributed by atoms with Crippen molar-refractivity contribution in [3.05, 3.63) is 60.6 Å². The van der Waals surface area contributed by atoms with Gasteiger partial charge in [-0.2, -0.15) is 4.68 Å². The van der Waals surface area contributed by atoms with Gasteiger partial charge in [-0.25, -0.2) is 13.4 Å². The zero-order valence-electron chi connectivity index (χ0n) is 11.7. The van der Waals surface area contributed by atoms with E-state index in [4.69, 9.17) is 0 Å². The predicted octanol–water partition coefficient (Wildman–Crippen LogP) is 1.59. The number of aromatic nitrogens is 5. The van der Waals surface area contributed by atoms with E-state index >= 15 is 0 Å². The van der Waals surface area contributed by atoms with Gasteiger partial charge in [0.2, 0.25) is 9.84 Å². The van der Waals surface area contributed by atoms with Gasteiger partial charge in [-0.05, 0) is 41.6 Å². The third kappa shape index (κ3) is 2.48. The first-order chi connectivity index (χ1) is 10.6. The SMILES string of the molecule is C[C@H](c1nnnn1-c1ccccc1)S(=O)(=O)c1ccccn1. The van der Waals surface area contributed by atoms with Crippen LogP contribution in [0.4, 0.5) is 0 Å². The molecule has 0 amide bonds. The predicted molar refractivity (Wildman–Crippen MR) is 79.0 cm³/mol. The van der Waals surface area contributed by atoms with Crippen molar-refractivity contribution in [3.8, 4) is 5.69 Å². The molecule has 0 radical (unpaired) electrons. The normalized spacial score (nSPS) is 13.0. The van der Waals surface area contributed by atoms with Crippen LogP contribution in [-0.4, -0.2) is 33.6 Å². The fourth-order valence-corrected chi connectivity index (χ4v) is 3.30. The highest BCUT2D eigenvalue weighted by Gasteiger charge is 2.31. The van der Waals surface area contributed by atoms with E-state index in [1.165, 1.54) is 16.9 Å². The van der Waals surface area contributed by atoms with E-state index < -0.39 is 15.1 Å². The summed E-state index contributed by atoms with van der Waals surface area (Å²) >= 11 is 0. The van der Waals surface area contributed by atoms with Crippen molar-refractivity contribution in [2.75, 3.05) is 0 Å². The number of sulfone groups is 1. The largest absolute Gasteiger partial charge is 0.245 e. The van der Waals surface area contributed by atoms with Crippen LogP contribution in [0.25, 0.3) is 5.69 Å². The van der Waals surface area contributed by atoms with Crippen molar-refractivity contribution in [2.45, 2.75) is 17.2 Å². The second-order valence-electron chi connectivity index (χ2n) is 4.64. The molecule has 1 aromatic carbocycles. The summed E-state index contributed by atoms with van der Waals surface area (Å²) in [6, 6.07) is 13.9. The maximum absolute atomic E-state index is 12.6. The third-order valence-electron chi connectivity index (χ3n) is 3.25. The number of nitrogens with zero attached hydrogens (tertiary/aromatic N) is 5. The van der Waals surface area contributed by atoms with Gasteiger partial charge in [0.15, 0.2) is 10.9 Å². The molecule has 0 spiro atoms.